The van der Waals surface area contributed by atoms with Crippen LogP contribution in [0.25, 0.3) is 0 Å². The fraction of sp³-hybridized carbons (Fsp3) is 0.444. The van der Waals surface area contributed by atoms with Crippen molar-refractivity contribution in [3.05, 3.63) is 42.0 Å². The molecule has 7 nitrogen and oxygen atoms in total. The Hall–Kier alpha value is -2.91. The zero-order chi connectivity index (χ0) is 20.7. The van der Waals surface area contributed by atoms with Crippen LogP contribution >= 0.6 is 0 Å². The van der Waals surface area contributed by atoms with Crippen LogP contribution in [0.3, 0.4) is 0 Å². The van der Waals surface area contributed by atoms with Crippen molar-refractivity contribution in [2.45, 2.75) is 45.4 Å². The van der Waals surface area contributed by atoms with Gasteiger partial charge in [-0.25, -0.2) is 9.78 Å². The normalized spacial score (nSPS) is 12.6. The number of nitrogens with zero attached hydrogens (tertiary/aromatic N) is 2. The number of H-pyrrole nitrogens is 1. The van der Waals surface area contributed by atoms with E-state index < -0.39 is 23.9 Å². The highest BCUT2D eigenvalue weighted by Crippen LogP contribution is 2.29. The number of ether oxygens (including phenoxy) is 1. The Labute approximate surface area is 159 Å². The van der Waals surface area contributed by atoms with Crippen LogP contribution < -0.4 is 5.32 Å². The SMILES string of the molecule is CC(C)C[C@H](OC(=O)Nc1ccc(C(F)(F)F)cc1)C(=O)CCc1ncn[nH]1. The zero-order valence-electron chi connectivity index (χ0n) is 15.4. The molecule has 0 spiro atoms. The second-order valence-electron chi connectivity index (χ2n) is 6.62. The van der Waals surface area contributed by atoms with Gasteiger partial charge >= 0.3 is 12.3 Å². The molecule has 10 heteroatoms. The minimum Gasteiger partial charge on any atom is -0.438 e. The average molecular weight is 398 g/mol. The third-order valence-corrected chi connectivity index (χ3v) is 3.83. The molecule has 2 N–H and O–H groups in total. The molecule has 1 amide bonds. The molecule has 28 heavy (non-hydrogen) atoms. The molecular weight excluding hydrogens is 377 g/mol. The lowest BCUT2D eigenvalue weighted by atomic mass is 10.00. The second kappa shape index (κ2) is 9.34. The molecule has 0 aliphatic heterocycles. The Bertz CT molecular complexity index is 774. The molecule has 1 aromatic heterocycles. The summed E-state index contributed by atoms with van der Waals surface area (Å²) in [5.41, 5.74) is -0.692. The number of aryl methyl sites for hydroxylation is 1. The van der Waals surface area contributed by atoms with Gasteiger partial charge in [-0.3, -0.25) is 15.2 Å². The Morgan fingerprint density at radius 3 is 2.43 bits per heavy atom. The number of carbonyl (C=O) groups excluding carboxylic acids is 2. The molecule has 0 aliphatic carbocycles. The monoisotopic (exact) mass is 398 g/mol. The number of carbonyl (C=O) groups is 2. The lowest BCUT2D eigenvalue weighted by molar-refractivity contribution is -0.137. The van der Waals surface area contributed by atoms with E-state index in [4.69, 9.17) is 4.74 Å². The van der Waals surface area contributed by atoms with E-state index in [1.165, 1.54) is 6.33 Å². The number of alkyl halides is 3. The van der Waals surface area contributed by atoms with Gasteiger partial charge in [0, 0.05) is 18.5 Å². The number of hydrogen-bond acceptors (Lipinski definition) is 5. The summed E-state index contributed by atoms with van der Waals surface area (Å²) in [6.45, 7) is 3.77. The van der Waals surface area contributed by atoms with E-state index in [0.29, 0.717) is 18.7 Å². The highest BCUT2D eigenvalue weighted by Gasteiger charge is 2.30. The number of amides is 1. The summed E-state index contributed by atoms with van der Waals surface area (Å²) in [6.07, 6.45) is -4.22. The van der Waals surface area contributed by atoms with E-state index in [1.54, 1.807) is 0 Å². The molecule has 2 aromatic rings. The third kappa shape index (κ3) is 6.67. The number of rotatable bonds is 8. The number of anilines is 1. The summed E-state index contributed by atoms with van der Waals surface area (Å²) in [6, 6.07) is 3.94. The quantitative estimate of drug-likeness (QED) is 0.701. The summed E-state index contributed by atoms with van der Waals surface area (Å²) in [4.78, 5) is 28.4. The summed E-state index contributed by atoms with van der Waals surface area (Å²) in [7, 11) is 0. The zero-order valence-corrected chi connectivity index (χ0v) is 15.4. The van der Waals surface area contributed by atoms with Crippen molar-refractivity contribution in [1.29, 1.82) is 0 Å². The second-order valence-corrected chi connectivity index (χ2v) is 6.62. The average Bonchev–Trinajstić information content (AvgIpc) is 3.12. The Balaban J connectivity index is 1.94. The van der Waals surface area contributed by atoms with Gasteiger partial charge in [-0.2, -0.15) is 18.3 Å². The maximum Gasteiger partial charge on any atom is 0.416 e. The minimum absolute atomic E-state index is 0.0955. The van der Waals surface area contributed by atoms with E-state index in [9.17, 15) is 22.8 Å². The first-order chi connectivity index (χ1) is 13.1. The molecule has 0 fully saturated rings. The molecule has 0 aliphatic rings. The van der Waals surface area contributed by atoms with Gasteiger partial charge < -0.3 is 4.74 Å². The highest BCUT2D eigenvalue weighted by atomic mass is 19.4. The fourth-order valence-corrected chi connectivity index (χ4v) is 2.45. The number of benzene rings is 1. The van der Waals surface area contributed by atoms with Crippen molar-refractivity contribution in [3.8, 4) is 0 Å². The van der Waals surface area contributed by atoms with E-state index in [-0.39, 0.29) is 23.8 Å². The van der Waals surface area contributed by atoms with Gasteiger partial charge in [-0.15, -0.1) is 0 Å². The summed E-state index contributed by atoms with van der Waals surface area (Å²) < 4.78 is 43.0. The molecule has 0 bridgehead atoms. The number of ketones is 1. The minimum atomic E-state index is -4.46. The van der Waals surface area contributed by atoms with E-state index in [0.717, 1.165) is 24.3 Å². The molecule has 0 saturated heterocycles. The molecule has 0 radical (unpaired) electrons. The van der Waals surface area contributed by atoms with Crippen molar-refractivity contribution >= 4 is 17.6 Å². The Kier molecular flexibility index (Phi) is 7.13. The summed E-state index contributed by atoms with van der Waals surface area (Å²) >= 11 is 0. The number of aromatic nitrogens is 3. The summed E-state index contributed by atoms with van der Waals surface area (Å²) in [5, 5.41) is 8.68. The maximum atomic E-state index is 12.6. The third-order valence-electron chi connectivity index (χ3n) is 3.83. The Morgan fingerprint density at radius 2 is 1.89 bits per heavy atom. The smallest absolute Gasteiger partial charge is 0.416 e. The topological polar surface area (TPSA) is 97.0 Å². The Morgan fingerprint density at radius 1 is 1.21 bits per heavy atom. The van der Waals surface area contributed by atoms with Gasteiger partial charge in [0.2, 0.25) is 0 Å². The number of Topliss-reactive ketones (excluding diaryl/α,β-unsaturated/α-hetero) is 1. The number of halogens is 3. The van der Waals surface area contributed by atoms with Gasteiger partial charge in [0.05, 0.1) is 5.56 Å². The van der Waals surface area contributed by atoms with Crippen molar-refractivity contribution in [1.82, 2.24) is 15.2 Å². The van der Waals surface area contributed by atoms with Crippen molar-refractivity contribution in [3.63, 3.8) is 0 Å². The number of hydrogen-bond donors (Lipinski definition) is 2. The van der Waals surface area contributed by atoms with Crippen LogP contribution in [0.5, 0.6) is 0 Å². The van der Waals surface area contributed by atoms with Crippen LogP contribution in [0.4, 0.5) is 23.7 Å². The van der Waals surface area contributed by atoms with Crippen LogP contribution in [-0.4, -0.2) is 33.2 Å². The highest BCUT2D eigenvalue weighted by molar-refractivity contribution is 5.89. The standard InChI is InChI=1S/C18H21F3N4O3/c1-11(2)9-15(14(26)7-8-16-22-10-23-25-16)28-17(27)24-13-5-3-12(4-6-13)18(19,20)21/h3-6,10-11,15H,7-9H2,1-2H3,(H,24,27)(H,22,23,25)/t15-/m0/s1. The lowest BCUT2D eigenvalue weighted by Gasteiger charge is -2.19. The van der Waals surface area contributed by atoms with E-state index >= 15 is 0 Å². The first-order valence-corrected chi connectivity index (χ1v) is 8.67. The molecule has 2 rings (SSSR count). The molecule has 0 saturated carbocycles. The van der Waals surface area contributed by atoms with Crippen LogP contribution in [-0.2, 0) is 22.1 Å². The molecule has 152 valence electrons. The maximum absolute atomic E-state index is 12.6. The van der Waals surface area contributed by atoms with Gasteiger partial charge in [0.1, 0.15) is 12.2 Å². The van der Waals surface area contributed by atoms with Gasteiger partial charge in [-0.05, 0) is 36.6 Å². The van der Waals surface area contributed by atoms with Crippen LogP contribution in [0, 0.1) is 5.92 Å². The van der Waals surface area contributed by atoms with Gasteiger partial charge in [0.15, 0.2) is 11.9 Å². The summed E-state index contributed by atoms with van der Waals surface area (Å²) in [5.74, 6) is 0.372. The van der Waals surface area contributed by atoms with Crippen LogP contribution in [0.15, 0.2) is 30.6 Å². The van der Waals surface area contributed by atoms with E-state index in [2.05, 4.69) is 20.5 Å². The molecule has 1 atom stereocenters. The predicted molar refractivity (Wildman–Crippen MR) is 94.5 cm³/mol. The largest absolute Gasteiger partial charge is 0.438 e. The lowest BCUT2D eigenvalue weighted by Crippen LogP contribution is -2.31. The predicted octanol–water partition coefficient (Wildman–Crippen LogP) is 3.99. The molecule has 1 heterocycles. The van der Waals surface area contributed by atoms with Crippen molar-refractivity contribution < 1.29 is 27.5 Å². The first kappa shape index (κ1) is 21.4. The first-order valence-electron chi connectivity index (χ1n) is 8.67. The van der Waals surface area contributed by atoms with Crippen molar-refractivity contribution in [2.24, 2.45) is 5.92 Å². The number of nitrogens with one attached hydrogen (secondary N) is 2. The fourth-order valence-electron chi connectivity index (χ4n) is 2.45. The van der Waals surface area contributed by atoms with Crippen molar-refractivity contribution in [2.75, 3.05) is 5.32 Å². The molecule has 1 aromatic carbocycles. The molecular formula is C18H21F3N4O3. The van der Waals surface area contributed by atoms with Gasteiger partial charge in [0.25, 0.3) is 0 Å². The number of aromatic amines is 1. The van der Waals surface area contributed by atoms with Crippen LogP contribution in [0.1, 0.15) is 38.1 Å². The van der Waals surface area contributed by atoms with Gasteiger partial charge in [-0.1, -0.05) is 13.8 Å². The van der Waals surface area contributed by atoms with Crippen LogP contribution in [0.2, 0.25) is 0 Å². The molecule has 0 unspecified atom stereocenters. The van der Waals surface area contributed by atoms with E-state index in [1.807, 2.05) is 13.8 Å².